The van der Waals surface area contributed by atoms with E-state index in [0.717, 1.165) is 44.9 Å². The van der Waals surface area contributed by atoms with Crippen LogP contribution in [0.25, 0.3) is 0 Å². The summed E-state index contributed by atoms with van der Waals surface area (Å²) in [5, 5.41) is 6.74. The van der Waals surface area contributed by atoms with Crippen molar-refractivity contribution in [1.29, 1.82) is 0 Å². The molecule has 42 heavy (non-hydrogen) atoms. The standard InChI is InChI=1S/C37H55FN4/c1-39-21-4-7-30-16-20-37(42-25-6-26-42,33-8-3-9-34(38)27-33)28-35(30)31-10-12-32(13-11-31)36(41-23-5-24-41)18-14-29(15-19-36)17-22-40-2/h3,8-13,27,29-30,35,39-40H,4-7,14-26,28H2,1-2H3. The normalized spacial score (nSPS) is 32.3. The molecule has 0 amide bonds. The second-order valence-corrected chi connectivity index (χ2v) is 14.1. The van der Waals surface area contributed by atoms with E-state index in [1.54, 1.807) is 11.6 Å². The summed E-state index contributed by atoms with van der Waals surface area (Å²) in [6.45, 7) is 7.01. The minimum Gasteiger partial charge on any atom is -0.320 e. The van der Waals surface area contributed by atoms with E-state index in [1.807, 2.05) is 12.1 Å². The molecule has 0 aromatic heterocycles. The molecule has 2 aromatic rings. The van der Waals surface area contributed by atoms with E-state index in [0.29, 0.717) is 11.8 Å². The van der Waals surface area contributed by atoms with Crippen LogP contribution in [0.15, 0.2) is 48.5 Å². The molecule has 2 N–H and O–H groups in total. The largest absolute Gasteiger partial charge is 0.320 e. The number of hydrogen-bond donors (Lipinski definition) is 2. The summed E-state index contributed by atoms with van der Waals surface area (Å²) in [5.74, 6) is 1.95. The maximum atomic E-state index is 14.6. The van der Waals surface area contributed by atoms with Gasteiger partial charge in [-0.25, -0.2) is 4.39 Å². The summed E-state index contributed by atoms with van der Waals surface area (Å²) in [5.41, 5.74) is 4.45. The van der Waals surface area contributed by atoms with Gasteiger partial charge in [-0.2, -0.15) is 0 Å². The highest BCUT2D eigenvalue weighted by molar-refractivity contribution is 5.35. The van der Waals surface area contributed by atoms with Gasteiger partial charge in [-0.1, -0.05) is 36.4 Å². The first-order valence-electron chi connectivity index (χ1n) is 17.2. The van der Waals surface area contributed by atoms with Gasteiger partial charge >= 0.3 is 0 Å². The number of hydrogen-bond acceptors (Lipinski definition) is 4. The first-order chi connectivity index (χ1) is 20.6. The fourth-order valence-corrected chi connectivity index (χ4v) is 9.15. The van der Waals surface area contributed by atoms with Gasteiger partial charge in [0.2, 0.25) is 0 Å². The van der Waals surface area contributed by atoms with E-state index < -0.39 is 0 Å². The summed E-state index contributed by atoms with van der Waals surface area (Å²) in [4.78, 5) is 5.48. The topological polar surface area (TPSA) is 30.5 Å². The molecule has 4 fully saturated rings. The molecule has 3 atom stereocenters. The van der Waals surface area contributed by atoms with Crippen LogP contribution in [0.2, 0.25) is 0 Å². The van der Waals surface area contributed by atoms with Crippen LogP contribution in [-0.2, 0) is 11.1 Å². The van der Waals surface area contributed by atoms with Crippen LogP contribution in [0.3, 0.4) is 0 Å². The van der Waals surface area contributed by atoms with Gasteiger partial charge in [0.25, 0.3) is 0 Å². The zero-order valence-electron chi connectivity index (χ0n) is 26.4. The zero-order valence-corrected chi connectivity index (χ0v) is 26.4. The highest BCUT2D eigenvalue weighted by atomic mass is 19.1. The lowest BCUT2D eigenvalue weighted by Crippen LogP contribution is -2.56. The molecule has 230 valence electrons. The Labute approximate surface area is 254 Å². The number of nitrogens with zero attached hydrogens (tertiary/aromatic N) is 2. The van der Waals surface area contributed by atoms with Crippen molar-refractivity contribution in [1.82, 2.24) is 20.4 Å². The fraction of sp³-hybridized carbons (Fsp3) is 0.676. The van der Waals surface area contributed by atoms with Gasteiger partial charge in [0.1, 0.15) is 5.82 Å². The monoisotopic (exact) mass is 574 g/mol. The third-order valence-electron chi connectivity index (χ3n) is 12.0. The van der Waals surface area contributed by atoms with E-state index in [1.165, 1.54) is 88.4 Å². The van der Waals surface area contributed by atoms with Crippen LogP contribution in [0.4, 0.5) is 4.39 Å². The Balaban J connectivity index is 1.28. The average molecular weight is 575 g/mol. The van der Waals surface area contributed by atoms with E-state index in [-0.39, 0.29) is 16.9 Å². The highest BCUT2D eigenvalue weighted by Gasteiger charge is 2.48. The summed E-state index contributed by atoms with van der Waals surface area (Å²) >= 11 is 0. The van der Waals surface area contributed by atoms with Crippen LogP contribution >= 0.6 is 0 Å². The lowest BCUT2D eigenvalue weighted by atomic mass is 9.62. The van der Waals surface area contributed by atoms with E-state index in [2.05, 4.69) is 64.9 Å². The smallest absolute Gasteiger partial charge is 0.123 e. The molecule has 5 heteroatoms. The van der Waals surface area contributed by atoms with Gasteiger partial charge in [0.05, 0.1) is 0 Å². The molecular weight excluding hydrogens is 519 g/mol. The van der Waals surface area contributed by atoms with Crippen LogP contribution in [-0.4, -0.2) is 63.2 Å². The zero-order chi connectivity index (χ0) is 29.0. The molecule has 0 radical (unpaired) electrons. The quantitative estimate of drug-likeness (QED) is 0.267. The number of halogens is 1. The molecule has 4 aliphatic rings. The van der Waals surface area contributed by atoms with Gasteiger partial charge in [-0.05, 0) is 151 Å². The Hall–Kier alpha value is -1.79. The summed E-state index contributed by atoms with van der Waals surface area (Å²) in [7, 11) is 4.15. The highest BCUT2D eigenvalue weighted by Crippen LogP contribution is 2.53. The molecule has 3 unspecified atom stereocenters. The molecule has 0 bridgehead atoms. The Morgan fingerprint density at radius 2 is 1.43 bits per heavy atom. The van der Waals surface area contributed by atoms with E-state index in [9.17, 15) is 4.39 Å². The second-order valence-electron chi connectivity index (χ2n) is 14.1. The second kappa shape index (κ2) is 13.5. The number of nitrogens with one attached hydrogen (secondary N) is 2. The lowest BCUT2D eigenvalue weighted by Gasteiger charge is -2.55. The maximum absolute atomic E-state index is 14.6. The summed E-state index contributed by atoms with van der Waals surface area (Å²) in [6.07, 6.45) is 15.2. The SMILES string of the molecule is CNCCCC1CCC(c2cccc(F)c2)(N2CCC2)CC1c1ccc(C2(N3CCC3)CCC(CCNC)CC2)cc1. The van der Waals surface area contributed by atoms with Gasteiger partial charge in [-0.3, -0.25) is 9.80 Å². The van der Waals surface area contributed by atoms with Gasteiger partial charge in [0.15, 0.2) is 0 Å². The number of rotatable bonds is 12. The average Bonchev–Trinajstić information content (AvgIpc) is 2.96. The minimum absolute atomic E-state index is 0.0478. The van der Waals surface area contributed by atoms with E-state index in [4.69, 9.17) is 0 Å². The number of benzene rings is 2. The molecular formula is C37H55FN4. The Morgan fingerprint density at radius 1 is 0.762 bits per heavy atom. The molecule has 2 aliphatic heterocycles. The molecule has 0 spiro atoms. The molecule has 2 aliphatic carbocycles. The van der Waals surface area contributed by atoms with Crippen LogP contribution in [0.1, 0.15) is 99.7 Å². The lowest BCUT2D eigenvalue weighted by molar-refractivity contribution is -0.0226. The first-order valence-corrected chi connectivity index (χ1v) is 17.2. The molecule has 2 saturated carbocycles. The van der Waals surface area contributed by atoms with Crippen LogP contribution in [0.5, 0.6) is 0 Å². The van der Waals surface area contributed by atoms with Crippen molar-refractivity contribution in [2.45, 2.75) is 94.0 Å². The van der Waals surface area contributed by atoms with Crippen LogP contribution in [0, 0.1) is 17.7 Å². The van der Waals surface area contributed by atoms with Crippen molar-refractivity contribution in [2.24, 2.45) is 11.8 Å². The maximum Gasteiger partial charge on any atom is 0.123 e. The van der Waals surface area contributed by atoms with Crippen molar-refractivity contribution in [2.75, 3.05) is 53.4 Å². The third-order valence-corrected chi connectivity index (χ3v) is 12.0. The molecule has 2 heterocycles. The predicted octanol–water partition coefficient (Wildman–Crippen LogP) is 7.01. The van der Waals surface area contributed by atoms with Crippen LogP contribution < -0.4 is 10.6 Å². The third kappa shape index (κ3) is 5.96. The van der Waals surface area contributed by atoms with Crippen molar-refractivity contribution in [3.8, 4) is 0 Å². The Morgan fingerprint density at radius 3 is 2.05 bits per heavy atom. The molecule has 4 nitrogen and oxygen atoms in total. The molecule has 2 saturated heterocycles. The van der Waals surface area contributed by atoms with Gasteiger partial charge < -0.3 is 10.6 Å². The van der Waals surface area contributed by atoms with E-state index >= 15 is 0 Å². The van der Waals surface area contributed by atoms with Crippen molar-refractivity contribution >= 4 is 0 Å². The van der Waals surface area contributed by atoms with Crippen molar-refractivity contribution < 1.29 is 4.39 Å². The Bertz CT molecular complexity index is 1130. The Kier molecular flexibility index (Phi) is 9.69. The van der Waals surface area contributed by atoms with Gasteiger partial charge in [0, 0.05) is 37.3 Å². The number of likely N-dealkylation sites (tertiary alicyclic amines) is 2. The summed E-state index contributed by atoms with van der Waals surface area (Å²) in [6, 6.07) is 17.6. The fourth-order valence-electron chi connectivity index (χ4n) is 9.15. The molecule has 6 rings (SSSR count). The first kappa shape index (κ1) is 30.2. The summed E-state index contributed by atoms with van der Waals surface area (Å²) < 4.78 is 14.6. The predicted molar refractivity (Wildman–Crippen MR) is 172 cm³/mol. The van der Waals surface area contributed by atoms with Crippen molar-refractivity contribution in [3.63, 3.8) is 0 Å². The minimum atomic E-state index is -0.0959. The van der Waals surface area contributed by atoms with Gasteiger partial charge in [-0.15, -0.1) is 0 Å². The molecule has 2 aromatic carbocycles. The van der Waals surface area contributed by atoms with Crippen molar-refractivity contribution in [3.05, 3.63) is 71.0 Å².